The molecule has 3 heterocycles. The molecule has 0 unspecified atom stereocenters. The maximum absolute atomic E-state index is 12.5. The standard InChI is InChI=1S/C19H24ClN3O2S/c1-12(16-3-2-10-25-16)21-19(24)23-8-6-13(7-9-23)18-22-15-11-14(20)4-5-17(15)26-18/h4-5,11-13,16H,2-3,6-10H2,1H3,(H,21,24)/t12-,16+/m0/s1. The van der Waals surface area contributed by atoms with E-state index >= 15 is 0 Å². The minimum Gasteiger partial charge on any atom is -0.376 e. The molecular formula is C19H24ClN3O2S. The van der Waals surface area contributed by atoms with E-state index in [4.69, 9.17) is 21.3 Å². The summed E-state index contributed by atoms with van der Waals surface area (Å²) in [5.41, 5.74) is 0.975. The first-order chi connectivity index (χ1) is 12.6. The number of nitrogens with zero attached hydrogens (tertiary/aromatic N) is 2. The zero-order valence-electron chi connectivity index (χ0n) is 14.9. The van der Waals surface area contributed by atoms with Crippen LogP contribution in [-0.4, -0.2) is 47.8 Å². The first-order valence-electron chi connectivity index (χ1n) is 9.33. The van der Waals surface area contributed by atoms with Crippen molar-refractivity contribution in [1.82, 2.24) is 15.2 Å². The number of rotatable bonds is 3. The third kappa shape index (κ3) is 3.82. The number of hydrogen-bond acceptors (Lipinski definition) is 4. The van der Waals surface area contributed by atoms with Gasteiger partial charge in [0.05, 0.1) is 27.4 Å². The van der Waals surface area contributed by atoms with Crippen LogP contribution in [0.15, 0.2) is 18.2 Å². The molecule has 0 saturated carbocycles. The lowest BCUT2D eigenvalue weighted by molar-refractivity contribution is 0.0824. The van der Waals surface area contributed by atoms with Gasteiger partial charge in [0.2, 0.25) is 0 Å². The molecule has 0 radical (unpaired) electrons. The molecular weight excluding hydrogens is 370 g/mol. The number of thiazole rings is 1. The summed E-state index contributed by atoms with van der Waals surface area (Å²) in [7, 11) is 0. The summed E-state index contributed by atoms with van der Waals surface area (Å²) in [6.45, 7) is 4.38. The molecule has 2 fully saturated rings. The Hall–Kier alpha value is -1.37. The van der Waals surface area contributed by atoms with Crippen molar-refractivity contribution < 1.29 is 9.53 Å². The second-order valence-corrected chi connectivity index (χ2v) is 8.71. The Morgan fingerprint density at radius 3 is 2.92 bits per heavy atom. The van der Waals surface area contributed by atoms with Gasteiger partial charge >= 0.3 is 6.03 Å². The lowest BCUT2D eigenvalue weighted by Gasteiger charge is -2.32. The predicted octanol–water partition coefficient (Wildman–Crippen LogP) is 4.41. The fourth-order valence-electron chi connectivity index (χ4n) is 3.80. The molecule has 1 aromatic carbocycles. The Labute approximate surface area is 162 Å². The van der Waals surface area contributed by atoms with Crippen LogP contribution in [0.4, 0.5) is 4.79 Å². The van der Waals surface area contributed by atoms with Gasteiger partial charge in [-0.25, -0.2) is 9.78 Å². The number of likely N-dealkylation sites (tertiary alicyclic amines) is 1. The molecule has 2 saturated heterocycles. The topological polar surface area (TPSA) is 54.5 Å². The summed E-state index contributed by atoms with van der Waals surface area (Å²) < 4.78 is 6.84. The van der Waals surface area contributed by atoms with Gasteiger partial charge in [0.1, 0.15) is 0 Å². The van der Waals surface area contributed by atoms with Crippen molar-refractivity contribution >= 4 is 39.2 Å². The van der Waals surface area contributed by atoms with Crippen LogP contribution in [0.25, 0.3) is 10.2 Å². The van der Waals surface area contributed by atoms with Gasteiger partial charge in [-0.1, -0.05) is 11.6 Å². The molecule has 1 N–H and O–H groups in total. The maximum atomic E-state index is 12.5. The lowest BCUT2D eigenvalue weighted by atomic mass is 9.98. The van der Waals surface area contributed by atoms with Crippen LogP contribution in [0.3, 0.4) is 0 Å². The highest BCUT2D eigenvalue weighted by molar-refractivity contribution is 7.18. The molecule has 2 amide bonds. The molecule has 1 aromatic heterocycles. The van der Waals surface area contributed by atoms with Gasteiger partial charge in [-0.2, -0.15) is 0 Å². The number of aromatic nitrogens is 1. The number of hydrogen-bond donors (Lipinski definition) is 1. The van der Waals surface area contributed by atoms with E-state index in [0.717, 1.165) is 60.9 Å². The summed E-state index contributed by atoms with van der Waals surface area (Å²) in [6.07, 6.45) is 4.19. The Kier molecular flexibility index (Phi) is 5.34. The monoisotopic (exact) mass is 393 g/mol. The Balaban J connectivity index is 1.33. The molecule has 2 aliphatic heterocycles. The van der Waals surface area contributed by atoms with E-state index in [1.165, 1.54) is 4.70 Å². The van der Waals surface area contributed by atoms with E-state index in [1.807, 2.05) is 30.0 Å². The molecule has 5 nitrogen and oxygen atoms in total. The number of carbonyl (C=O) groups is 1. The van der Waals surface area contributed by atoms with E-state index in [9.17, 15) is 4.79 Å². The average Bonchev–Trinajstić information content (AvgIpc) is 3.31. The zero-order chi connectivity index (χ0) is 18.1. The second kappa shape index (κ2) is 7.71. The van der Waals surface area contributed by atoms with Gasteiger partial charge in [-0.15, -0.1) is 11.3 Å². The number of amides is 2. The van der Waals surface area contributed by atoms with Crippen LogP contribution >= 0.6 is 22.9 Å². The van der Waals surface area contributed by atoms with Crippen molar-refractivity contribution in [3.8, 4) is 0 Å². The molecule has 2 aromatic rings. The van der Waals surface area contributed by atoms with Crippen LogP contribution in [0.1, 0.15) is 43.5 Å². The van der Waals surface area contributed by atoms with Crippen LogP contribution in [0.5, 0.6) is 0 Å². The molecule has 0 bridgehead atoms. The third-order valence-corrected chi connectivity index (χ3v) is 6.81. The number of urea groups is 1. The lowest BCUT2D eigenvalue weighted by Crippen LogP contribution is -2.49. The van der Waals surface area contributed by atoms with E-state index in [1.54, 1.807) is 11.3 Å². The maximum Gasteiger partial charge on any atom is 0.317 e. The first kappa shape index (κ1) is 18.0. The quantitative estimate of drug-likeness (QED) is 0.840. The number of nitrogens with one attached hydrogen (secondary N) is 1. The van der Waals surface area contributed by atoms with Gasteiger partial charge in [0, 0.05) is 30.6 Å². The van der Waals surface area contributed by atoms with E-state index < -0.39 is 0 Å². The fourth-order valence-corrected chi connectivity index (χ4v) is 5.08. The summed E-state index contributed by atoms with van der Waals surface area (Å²) in [6, 6.07) is 5.97. The smallest absolute Gasteiger partial charge is 0.317 e. The van der Waals surface area contributed by atoms with Crippen molar-refractivity contribution in [2.24, 2.45) is 0 Å². The fraction of sp³-hybridized carbons (Fsp3) is 0.579. The molecule has 0 spiro atoms. The molecule has 4 rings (SSSR count). The third-order valence-electron chi connectivity index (χ3n) is 5.37. The molecule has 7 heteroatoms. The highest BCUT2D eigenvalue weighted by Crippen LogP contribution is 2.34. The predicted molar refractivity (Wildman–Crippen MR) is 105 cm³/mol. The van der Waals surface area contributed by atoms with Gasteiger partial charge < -0.3 is 15.0 Å². The number of piperidine rings is 1. The van der Waals surface area contributed by atoms with Gasteiger partial charge in [0.15, 0.2) is 0 Å². The van der Waals surface area contributed by atoms with Gasteiger partial charge in [-0.3, -0.25) is 0 Å². The number of carbonyl (C=O) groups excluding carboxylic acids is 1. The van der Waals surface area contributed by atoms with E-state index in [0.29, 0.717) is 5.92 Å². The van der Waals surface area contributed by atoms with Crippen molar-refractivity contribution in [3.63, 3.8) is 0 Å². The Morgan fingerprint density at radius 2 is 2.19 bits per heavy atom. The molecule has 0 aliphatic carbocycles. The minimum absolute atomic E-state index is 0.0301. The summed E-state index contributed by atoms with van der Waals surface area (Å²) in [5, 5.41) is 4.99. The van der Waals surface area contributed by atoms with Crippen LogP contribution in [-0.2, 0) is 4.74 Å². The molecule has 2 atom stereocenters. The Bertz CT molecular complexity index is 782. The second-order valence-electron chi connectivity index (χ2n) is 7.22. The summed E-state index contributed by atoms with van der Waals surface area (Å²) in [4.78, 5) is 19.2. The van der Waals surface area contributed by atoms with E-state index in [-0.39, 0.29) is 18.2 Å². The van der Waals surface area contributed by atoms with Gasteiger partial charge in [0.25, 0.3) is 0 Å². The highest BCUT2D eigenvalue weighted by atomic mass is 35.5. The van der Waals surface area contributed by atoms with Crippen LogP contribution in [0.2, 0.25) is 5.02 Å². The number of ether oxygens (including phenoxy) is 1. The SMILES string of the molecule is C[C@H](NC(=O)N1CCC(c2nc3cc(Cl)ccc3s2)CC1)[C@H]1CCCO1. The summed E-state index contributed by atoms with van der Waals surface area (Å²) >= 11 is 7.81. The molecule has 2 aliphatic rings. The van der Waals surface area contributed by atoms with E-state index in [2.05, 4.69) is 5.32 Å². The van der Waals surface area contributed by atoms with Gasteiger partial charge in [-0.05, 0) is 50.8 Å². The normalized spacial score (nSPS) is 22.7. The van der Waals surface area contributed by atoms with Crippen LogP contribution in [0, 0.1) is 0 Å². The number of fused-ring (bicyclic) bond motifs is 1. The number of benzene rings is 1. The minimum atomic E-state index is 0.0301. The Morgan fingerprint density at radius 1 is 1.38 bits per heavy atom. The van der Waals surface area contributed by atoms with Crippen molar-refractivity contribution in [1.29, 1.82) is 0 Å². The molecule has 26 heavy (non-hydrogen) atoms. The largest absolute Gasteiger partial charge is 0.376 e. The number of halogens is 1. The zero-order valence-corrected chi connectivity index (χ0v) is 16.5. The highest BCUT2D eigenvalue weighted by Gasteiger charge is 2.29. The van der Waals surface area contributed by atoms with Crippen molar-refractivity contribution in [3.05, 3.63) is 28.2 Å². The summed E-state index contributed by atoms with van der Waals surface area (Å²) in [5.74, 6) is 0.422. The average molecular weight is 394 g/mol. The van der Waals surface area contributed by atoms with Crippen LogP contribution < -0.4 is 5.32 Å². The molecule has 140 valence electrons. The first-order valence-corrected chi connectivity index (χ1v) is 10.5. The van der Waals surface area contributed by atoms with Crippen molar-refractivity contribution in [2.75, 3.05) is 19.7 Å². The van der Waals surface area contributed by atoms with Crippen molar-refractivity contribution in [2.45, 2.75) is 50.7 Å².